The lowest BCUT2D eigenvalue weighted by Gasteiger charge is -2.14. The third kappa shape index (κ3) is 0.243. The third-order valence-electron chi connectivity index (χ3n) is 1.46. The van der Waals surface area contributed by atoms with E-state index in [1.165, 1.54) is 0 Å². The third-order valence-corrected chi connectivity index (χ3v) is 1.46. The molecule has 2 heteroatoms. The maximum atomic E-state index is 5.02. The number of epoxide rings is 1. The van der Waals surface area contributed by atoms with Gasteiger partial charge in [0.1, 0.15) is 6.10 Å². The van der Waals surface area contributed by atoms with Crippen LogP contribution in [0.5, 0.6) is 0 Å². The maximum Gasteiger partial charge on any atom is 0.217 e. The van der Waals surface area contributed by atoms with Crippen LogP contribution >= 0.6 is 0 Å². The van der Waals surface area contributed by atoms with E-state index < -0.39 is 0 Å². The quantitative estimate of drug-likeness (QED) is 0.347. The summed E-state index contributed by atoms with van der Waals surface area (Å²) in [7, 11) is 0. The largest absolute Gasteiger partial charge is 0.341 e. The fraction of sp³-hybridized carbons (Fsp3) is 0.600. The van der Waals surface area contributed by atoms with Gasteiger partial charge >= 0.3 is 0 Å². The molecule has 0 radical (unpaired) electrons. The first-order valence-corrected chi connectivity index (χ1v) is 2.33. The number of rotatable bonds is 1. The standard InChI is InChI=1S/C5H6O2/c1-2-5-4(7-5)3-6-5/h2,4H,1,3H2. The molecule has 0 spiro atoms. The monoisotopic (exact) mass is 98.0 g/mol. The van der Waals surface area contributed by atoms with E-state index in [0.29, 0.717) is 6.10 Å². The highest BCUT2D eigenvalue weighted by atomic mass is 16.8. The van der Waals surface area contributed by atoms with Crippen LogP contribution in [0.25, 0.3) is 0 Å². The summed E-state index contributed by atoms with van der Waals surface area (Å²) in [5.74, 6) is -0.306. The van der Waals surface area contributed by atoms with Gasteiger partial charge in [-0.1, -0.05) is 6.58 Å². The molecule has 2 aliphatic heterocycles. The first kappa shape index (κ1) is 3.64. The Balaban J connectivity index is 2.19. The lowest BCUT2D eigenvalue weighted by atomic mass is 10.2. The molecule has 0 bridgehead atoms. The van der Waals surface area contributed by atoms with E-state index in [1.807, 2.05) is 0 Å². The van der Waals surface area contributed by atoms with Gasteiger partial charge in [-0.3, -0.25) is 0 Å². The van der Waals surface area contributed by atoms with Gasteiger partial charge in [-0.25, -0.2) is 0 Å². The molecule has 0 amide bonds. The fourth-order valence-corrected chi connectivity index (χ4v) is 0.810. The normalized spacial score (nSPS) is 54.6. The molecule has 0 aromatic heterocycles. The molecule has 0 N–H and O–H groups in total. The Morgan fingerprint density at radius 3 is 2.71 bits per heavy atom. The predicted octanol–water partition coefficient (Wildman–Crippen LogP) is 0.298. The van der Waals surface area contributed by atoms with Crippen LogP contribution < -0.4 is 0 Å². The fourth-order valence-electron chi connectivity index (χ4n) is 0.810. The van der Waals surface area contributed by atoms with Crippen LogP contribution in [0.1, 0.15) is 0 Å². The molecule has 0 aliphatic carbocycles. The molecule has 2 unspecified atom stereocenters. The van der Waals surface area contributed by atoms with Crippen LogP contribution in [0, 0.1) is 0 Å². The molecule has 2 rings (SSSR count). The second-order valence-corrected chi connectivity index (χ2v) is 1.84. The van der Waals surface area contributed by atoms with Gasteiger partial charge in [0.2, 0.25) is 5.79 Å². The van der Waals surface area contributed by atoms with Gasteiger partial charge in [-0.05, 0) is 6.08 Å². The van der Waals surface area contributed by atoms with Gasteiger partial charge in [0.25, 0.3) is 0 Å². The highest BCUT2D eigenvalue weighted by molar-refractivity contribution is 5.13. The Morgan fingerprint density at radius 2 is 2.71 bits per heavy atom. The first-order valence-electron chi connectivity index (χ1n) is 2.33. The van der Waals surface area contributed by atoms with E-state index in [2.05, 4.69) is 6.58 Å². The van der Waals surface area contributed by atoms with Crippen molar-refractivity contribution in [3.05, 3.63) is 12.7 Å². The zero-order valence-corrected chi connectivity index (χ0v) is 3.89. The summed E-state index contributed by atoms with van der Waals surface area (Å²) >= 11 is 0. The van der Waals surface area contributed by atoms with Crippen molar-refractivity contribution < 1.29 is 9.47 Å². The molecule has 2 aliphatic rings. The van der Waals surface area contributed by atoms with E-state index in [-0.39, 0.29) is 5.79 Å². The molecule has 2 saturated heterocycles. The zero-order valence-electron chi connectivity index (χ0n) is 3.89. The Morgan fingerprint density at radius 1 is 1.86 bits per heavy atom. The summed E-state index contributed by atoms with van der Waals surface area (Å²) in [4.78, 5) is 0. The van der Waals surface area contributed by atoms with Gasteiger partial charge in [0.15, 0.2) is 0 Å². The van der Waals surface area contributed by atoms with Crippen molar-refractivity contribution in [2.45, 2.75) is 11.9 Å². The Labute approximate surface area is 41.7 Å². The summed E-state index contributed by atoms with van der Waals surface area (Å²) in [5, 5.41) is 0. The van der Waals surface area contributed by atoms with E-state index in [4.69, 9.17) is 9.47 Å². The Hall–Kier alpha value is -0.340. The molecular formula is C5H6O2. The van der Waals surface area contributed by atoms with Crippen LogP contribution in [-0.4, -0.2) is 18.5 Å². The molecule has 7 heavy (non-hydrogen) atoms. The molecule has 2 heterocycles. The lowest BCUT2D eigenvalue weighted by molar-refractivity contribution is -0.0299. The van der Waals surface area contributed by atoms with Gasteiger partial charge in [-0.2, -0.15) is 0 Å². The second-order valence-electron chi connectivity index (χ2n) is 1.84. The van der Waals surface area contributed by atoms with Crippen molar-refractivity contribution >= 4 is 0 Å². The van der Waals surface area contributed by atoms with Crippen molar-refractivity contribution in [2.75, 3.05) is 6.61 Å². The summed E-state index contributed by atoms with van der Waals surface area (Å²) < 4.78 is 10.0. The van der Waals surface area contributed by atoms with Crippen molar-refractivity contribution in [1.82, 2.24) is 0 Å². The number of hydrogen-bond acceptors (Lipinski definition) is 2. The topological polar surface area (TPSA) is 21.8 Å². The Kier molecular flexibility index (Phi) is 0.398. The van der Waals surface area contributed by atoms with Crippen LogP contribution in [0.3, 0.4) is 0 Å². The zero-order chi connectivity index (χ0) is 4.91. The van der Waals surface area contributed by atoms with Crippen molar-refractivity contribution in [3.63, 3.8) is 0 Å². The van der Waals surface area contributed by atoms with Crippen molar-refractivity contribution in [1.29, 1.82) is 0 Å². The SMILES string of the molecule is C=CC12OCC1O2. The van der Waals surface area contributed by atoms with Crippen molar-refractivity contribution in [3.8, 4) is 0 Å². The summed E-state index contributed by atoms with van der Waals surface area (Å²) in [6.07, 6.45) is 2.06. The van der Waals surface area contributed by atoms with Gasteiger partial charge in [0, 0.05) is 0 Å². The number of hydrogen-bond donors (Lipinski definition) is 0. The average Bonchev–Trinajstić information content (AvgIpc) is 2.12. The molecule has 38 valence electrons. The summed E-state index contributed by atoms with van der Waals surface area (Å²) in [5.41, 5.74) is 0. The van der Waals surface area contributed by atoms with E-state index in [1.54, 1.807) is 6.08 Å². The maximum absolute atomic E-state index is 5.02. The average molecular weight is 98.1 g/mol. The smallest absolute Gasteiger partial charge is 0.217 e. The van der Waals surface area contributed by atoms with Crippen LogP contribution in [0.2, 0.25) is 0 Å². The minimum Gasteiger partial charge on any atom is -0.341 e. The minimum atomic E-state index is -0.306. The summed E-state index contributed by atoms with van der Waals surface area (Å²) in [6, 6.07) is 0. The van der Waals surface area contributed by atoms with Crippen LogP contribution in [0.4, 0.5) is 0 Å². The van der Waals surface area contributed by atoms with Gasteiger partial charge in [-0.15, -0.1) is 0 Å². The molecule has 2 atom stereocenters. The van der Waals surface area contributed by atoms with Crippen molar-refractivity contribution in [2.24, 2.45) is 0 Å². The molecule has 0 aromatic carbocycles. The Bertz CT molecular complexity index is 117. The minimum absolute atomic E-state index is 0.306. The lowest BCUT2D eigenvalue weighted by Crippen LogP contribution is -2.31. The van der Waals surface area contributed by atoms with E-state index in [9.17, 15) is 0 Å². The van der Waals surface area contributed by atoms with Gasteiger partial charge < -0.3 is 9.47 Å². The van der Waals surface area contributed by atoms with Crippen LogP contribution in [-0.2, 0) is 9.47 Å². The highest BCUT2D eigenvalue weighted by Gasteiger charge is 2.64. The molecular weight excluding hydrogens is 92.1 g/mol. The molecule has 0 aromatic rings. The molecule has 2 nitrogen and oxygen atoms in total. The van der Waals surface area contributed by atoms with Gasteiger partial charge in [0.05, 0.1) is 6.61 Å². The second kappa shape index (κ2) is 0.767. The highest BCUT2D eigenvalue weighted by Crippen LogP contribution is 2.47. The van der Waals surface area contributed by atoms with E-state index >= 15 is 0 Å². The first-order chi connectivity index (χ1) is 3.37. The number of ether oxygens (including phenoxy) is 2. The number of fused-ring (bicyclic) bond motifs is 1. The predicted molar refractivity (Wildman–Crippen MR) is 23.8 cm³/mol. The molecule has 0 saturated carbocycles. The van der Waals surface area contributed by atoms with E-state index in [0.717, 1.165) is 6.61 Å². The van der Waals surface area contributed by atoms with Crippen LogP contribution in [0.15, 0.2) is 12.7 Å². The summed E-state index contributed by atoms with van der Waals surface area (Å²) in [6.45, 7) is 4.30. The molecule has 2 fully saturated rings.